The van der Waals surface area contributed by atoms with Crippen molar-refractivity contribution in [3.63, 3.8) is 0 Å². The Balaban J connectivity index is 1.65. The molecule has 0 fully saturated rings. The Morgan fingerprint density at radius 3 is 2.83 bits per heavy atom. The fourth-order valence-corrected chi connectivity index (χ4v) is 3.13. The predicted octanol–water partition coefficient (Wildman–Crippen LogP) is 3.81. The molecular weight excluding hydrogens is 334 g/mol. The van der Waals surface area contributed by atoms with Gasteiger partial charge < -0.3 is 4.42 Å². The molecule has 0 saturated heterocycles. The van der Waals surface area contributed by atoms with Gasteiger partial charge in [-0.05, 0) is 35.7 Å². The van der Waals surface area contributed by atoms with Gasteiger partial charge in [-0.1, -0.05) is 11.6 Å². The summed E-state index contributed by atoms with van der Waals surface area (Å²) in [6, 6.07) is 9.08. The highest BCUT2D eigenvalue weighted by Gasteiger charge is 2.10. The van der Waals surface area contributed by atoms with E-state index in [4.69, 9.17) is 16.0 Å². The van der Waals surface area contributed by atoms with Gasteiger partial charge in [0.15, 0.2) is 5.76 Å². The maximum Gasteiger partial charge on any atom is 0.262 e. The predicted molar refractivity (Wildman–Crippen MR) is 89.9 cm³/mol. The summed E-state index contributed by atoms with van der Waals surface area (Å²) in [5.74, 6) is 1.09. The van der Waals surface area contributed by atoms with Crippen LogP contribution in [-0.2, 0) is 6.54 Å². The smallest absolute Gasteiger partial charge is 0.262 e. The standard InChI is InChI=1S/C16H10ClN3O2S/c17-11-3-1-10(2-4-11)13-7-18-14(22-13)8-20-9-19-15-12(16(20)21)5-6-23-15/h1-7,9H,8H2. The first-order valence-electron chi connectivity index (χ1n) is 6.84. The van der Waals surface area contributed by atoms with Crippen molar-refractivity contribution < 1.29 is 4.42 Å². The summed E-state index contributed by atoms with van der Waals surface area (Å²) in [7, 11) is 0. The maximum atomic E-state index is 12.4. The Bertz CT molecular complexity index is 1030. The third-order valence-electron chi connectivity index (χ3n) is 3.44. The Morgan fingerprint density at radius 1 is 1.17 bits per heavy atom. The zero-order valence-electron chi connectivity index (χ0n) is 11.8. The summed E-state index contributed by atoms with van der Waals surface area (Å²) in [6.07, 6.45) is 3.16. The molecule has 0 spiro atoms. The van der Waals surface area contributed by atoms with E-state index in [1.54, 1.807) is 24.4 Å². The molecule has 0 saturated carbocycles. The second kappa shape index (κ2) is 5.64. The summed E-state index contributed by atoms with van der Waals surface area (Å²) in [6.45, 7) is 0.241. The fraction of sp³-hybridized carbons (Fsp3) is 0.0625. The molecular formula is C16H10ClN3O2S. The molecule has 23 heavy (non-hydrogen) atoms. The van der Waals surface area contributed by atoms with Crippen LogP contribution >= 0.6 is 22.9 Å². The van der Waals surface area contributed by atoms with Crippen LogP contribution in [0.2, 0.25) is 5.02 Å². The summed E-state index contributed by atoms with van der Waals surface area (Å²) < 4.78 is 7.22. The second-order valence-corrected chi connectivity index (χ2v) is 6.27. The molecule has 4 rings (SSSR count). The molecule has 0 aliphatic heterocycles. The second-order valence-electron chi connectivity index (χ2n) is 4.94. The minimum atomic E-state index is -0.0949. The van der Waals surface area contributed by atoms with Crippen molar-refractivity contribution >= 4 is 33.2 Å². The van der Waals surface area contributed by atoms with Gasteiger partial charge in [-0.2, -0.15) is 0 Å². The SMILES string of the molecule is O=c1c2ccsc2ncn1Cc1ncc(-c2ccc(Cl)cc2)o1. The Kier molecular flexibility index (Phi) is 3.48. The summed E-state index contributed by atoms with van der Waals surface area (Å²) >= 11 is 7.32. The van der Waals surface area contributed by atoms with Crippen molar-refractivity contribution in [2.75, 3.05) is 0 Å². The van der Waals surface area contributed by atoms with Crippen molar-refractivity contribution in [2.45, 2.75) is 6.54 Å². The Hall–Kier alpha value is -2.44. The van der Waals surface area contributed by atoms with Crippen LogP contribution in [0.5, 0.6) is 0 Å². The van der Waals surface area contributed by atoms with Crippen molar-refractivity contribution in [3.05, 3.63) is 69.5 Å². The van der Waals surface area contributed by atoms with Gasteiger partial charge >= 0.3 is 0 Å². The number of benzene rings is 1. The summed E-state index contributed by atoms with van der Waals surface area (Å²) in [5.41, 5.74) is 0.786. The van der Waals surface area contributed by atoms with E-state index in [2.05, 4.69) is 9.97 Å². The van der Waals surface area contributed by atoms with Crippen LogP contribution in [-0.4, -0.2) is 14.5 Å². The van der Waals surface area contributed by atoms with Gasteiger partial charge in [0.1, 0.15) is 11.4 Å². The van der Waals surface area contributed by atoms with E-state index < -0.39 is 0 Å². The molecule has 0 bridgehead atoms. The van der Waals surface area contributed by atoms with E-state index in [0.717, 1.165) is 10.4 Å². The van der Waals surface area contributed by atoms with E-state index in [9.17, 15) is 4.79 Å². The monoisotopic (exact) mass is 343 g/mol. The highest BCUT2D eigenvalue weighted by atomic mass is 35.5. The van der Waals surface area contributed by atoms with E-state index in [1.807, 2.05) is 17.5 Å². The quantitative estimate of drug-likeness (QED) is 0.567. The van der Waals surface area contributed by atoms with Gasteiger partial charge in [-0.3, -0.25) is 9.36 Å². The molecule has 0 unspecified atom stereocenters. The number of oxazole rings is 1. The molecule has 3 aromatic heterocycles. The summed E-state index contributed by atoms with van der Waals surface area (Å²) in [5, 5.41) is 3.13. The third kappa shape index (κ3) is 2.67. The average molecular weight is 344 g/mol. The lowest BCUT2D eigenvalue weighted by molar-refractivity contribution is 0.484. The normalized spacial score (nSPS) is 11.2. The first kappa shape index (κ1) is 14.2. The number of halogens is 1. The Morgan fingerprint density at radius 2 is 2.00 bits per heavy atom. The molecule has 0 amide bonds. The molecule has 0 N–H and O–H groups in total. The van der Waals surface area contributed by atoms with Crippen LogP contribution in [0.4, 0.5) is 0 Å². The maximum absolute atomic E-state index is 12.4. The molecule has 0 aliphatic rings. The molecule has 0 aliphatic carbocycles. The zero-order valence-corrected chi connectivity index (χ0v) is 13.3. The number of nitrogens with zero attached hydrogens (tertiary/aromatic N) is 3. The fourth-order valence-electron chi connectivity index (χ4n) is 2.28. The van der Waals surface area contributed by atoms with Gasteiger partial charge in [-0.25, -0.2) is 9.97 Å². The van der Waals surface area contributed by atoms with Gasteiger partial charge in [0, 0.05) is 10.6 Å². The molecule has 7 heteroatoms. The van der Waals surface area contributed by atoms with E-state index in [1.165, 1.54) is 22.2 Å². The van der Waals surface area contributed by atoms with Gasteiger partial charge in [-0.15, -0.1) is 11.3 Å². The number of rotatable bonds is 3. The number of fused-ring (bicyclic) bond motifs is 1. The number of aromatic nitrogens is 3. The van der Waals surface area contributed by atoms with Gasteiger partial charge in [0.25, 0.3) is 5.56 Å². The van der Waals surface area contributed by atoms with Crippen LogP contribution in [0.15, 0.2) is 57.4 Å². The molecule has 1 aromatic carbocycles. The minimum Gasteiger partial charge on any atom is -0.439 e. The van der Waals surface area contributed by atoms with Gasteiger partial charge in [0.2, 0.25) is 5.89 Å². The third-order valence-corrected chi connectivity index (χ3v) is 4.51. The van der Waals surface area contributed by atoms with Crippen LogP contribution in [0.25, 0.3) is 21.5 Å². The van der Waals surface area contributed by atoms with Gasteiger partial charge in [0.05, 0.1) is 17.9 Å². The average Bonchev–Trinajstić information content (AvgIpc) is 3.20. The minimum absolute atomic E-state index is 0.0949. The van der Waals surface area contributed by atoms with Crippen LogP contribution in [0.1, 0.15) is 5.89 Å². The van der Waals surface area contributed by atoms with E-state index in [-0.39, 0.29) is 12.1 Å². The van der Waals surface area contributed by atoms with Crippen molar-refractivity contribution in [1.29, 1.82) is 0 Å². The first-order valence-corrected chi connectivity index (χ1v) is 8.10. The number of thiophene rings is 1. The molecule has 0 radical (unpaired) electrons. The van der Waals surface area contributed by atoms with Crippen molar-refractivity contribution in [1.82, 2.24) is 14.5 Å². The van der Waals surface area contributed by atoms with E-state index >= 15 is 0 Å². The lowest BCUT2D eigenvalue weighted by Gasteiger charge is -2.01. The molecule has 3 heterocycles. The van der Waals surface area contributed by atoms with Crippen molar-refractivity contribution in [2.24, 2.45) is 0 Å². The van der Waals surface area contributed by atoms with E-state index in [0.29, 0.717) is 22.1 Å². The molecule has 5 nitrogen and oxygen atoms in total. The molecule has 114 valence electrons. The Labute approximate surface area is 139 Å². The van der Waals surface area contributed by atoms with Crippen LogP contribution in [0, 0.1) is 0 Å². The highest BCUT2D eigenvalue weighted by molar-refractivity contribution is 7.16. The van der Waals surface area contributed by atoms with Crippen molar-refractivity contribution in [3.8, 4) is 11.3 Å². The molecule has 0 atom stereocenters. The zero-order chi connectivity index (χ0) is 15.8. The first-order chi connectivity index (χ1) is 11.2. The largest absolute Gasteiger partial charge is 0.439 e. The van der Waals surface area contributed by atoms with Crippen LogP contribution < -0.4 is 5.56 Å². The lowest BCUT2D eigenvalue weighted by Crippen LogP contribution is -2.20. The highest BCUT2D eigenvalue weighted by Crippen LogP contribution is 2.22. The topological polar surface area (TPSA) is 60.9 Å². The number of hydrogen-bond acceptors (Lipinski definition) is 5. The van der Waals surface area contributed by atoms with Crippen LogP contribution in [0.3, 0.4) is 0 Å². The molecule has 4 aromatic rings. The lowest BCUT2D eigenvalue weighted by atomic mass is 10.2. The summed E-state index contributed by atoms with van der Waals surface area (Å²) in [4.78, 5) is 21.6. The number of hydrogen-bond donors (Lipinski definition) is 0.